The molecule has 3 rings (SSSR count). The fourth-order valence-electron chi connectivity index (χ4n) is 4.98. The van der Waals surface area contributed by atoms with E-state index in [-0.39, 0.29) is 5.41 Å². The van der Waals surface area contributed by atoms with E-state index in [4.69, 9.17) is 4.74 Å². The van der Waals surface area contributed by atoms with Gasteiger partial charge in [-0.25, -0.2) is 0 Å². The number of benzene rings is 1. The summed E-state index contributed by atoms with van der Waals surface area (Å²) in [6.45, 7) is 9.50. The maximum Gasteiger partial charge on any atom is 0.314 e. The van der Waals surface area contributed by atoms with Crippen LogP contribution in [-0.2, 0) is 16.1 Å². The van der Waals surface area contributed by atoms with Crippen LogP contribution in [0.2, 0.25) is 0 Å². The number of piperidine rings is 1. The summed E-state index contributed by atoms with van der Waals surface area (Å²) in [5.41, 5.74) is 1.12. The van der Waals surface area contributed by atoms with Crippen molar-refractivity contribution in [1.29, 1.82) is 0 Å². The second-order valence-corrected chi connectivity index (χ2v) is 9.07. The van der Waals surface area contributed by atoms with Crippen LogP contribution in [0.15, 0.2) is 54.6 Å². The van der Waals surface area contributed by atoms with Gasteiger partial charge in [-0.15, -0.1) is 0 Å². The normalized spacial score (nSPS) is 26.2. The number of likely N-dealkylation sites (tertiary alicyclic amines) is 1. The SMILES string of the molecule is CCCC(N1CCC(OCc2ccccc2)CC1)C1(C(C)C)C=CC(C(=O)O)C=C1. The lowest BCUT2D eigenvalue weighted by Crippen LogP contribution is -2.52. The fourth-order valence-corrected chi connectivity index (χ4v) is 4.98. The average molecular weight is 412 g/mol. The Kier molecular flexibility index (Phi) is 7.90. The minimum Gasteiger partial charge on any atom is -0.481 e. The average Bonchev–Trinajstić information content (AvgIpc) is 2.77. The van der Waals surface area contributed by atoms with Gasteiger partial charge in [0, 0.05) is 24.5 Å². The van der Waals surface area contributed by atoms with Crippen molar-refractivity contribution in [2.24, 2.45) is 17.3 Å². The van der Waals surface area contributed by atoms with Crippen LogP contribution in [0, 0.1) is 17.3 Å². The lowest BCUT2D eigenvalue weighted by atomic mass is 9.66. The van der Waals surface area contributed by atoms with Gasteiger partial charge in [0.1, 0.15) is 0 Å². The zero-order valence-electron chi connectivity index (χ0n) is 18.7. The predicted molar refractivity (Wildman–Crippen MR) is 121 cm³/mol. The van der Waals surface area contributed by atoms with Gasteiger partial charge >= 0.3 is 5.97 Å². The number of rotatable bonds is 9. The first kappa shape index (κ1) is 22.8. The Morgan fingerprint density at radius 3 is 2.33 bits per heavy atom. The van der Waals surface area contributed by atoms with Crippen LogP contribution in [0.5, 0.6) is 0 Å². The number of carboxylic acids is 1. The Balaban J connectivity index is 1.65. The molecule has 1 unspecified atom stereocenters. The molecule has 1 saturated heterocycles. The van der Waals surface area contributed by atoms with Gasteiger partial charge in [-0.05, 0) is 30.7 Å². The third-order valence-corrected chi connectivity index (χ3v) is 6.85. The summed E-state index contributed by atoms with van der Waals surface area (Å²) in [4.78, 5) is 14.0. The second kappa shape index (κ2) is 10.4. The van der Waals surface area contributed by atoms with E-state index in [1.165, 1.54) is 5.56 Å². The Morgan fingerprint density at radius 2 is 1.80 bits per heavy atom. The molecule has 0 radical (unpaired) electrons. The first-order valence-corrected chi connectivity index (χ1v) is 11.5. The first-order chi connectivity index (χ1) is 14.5. The van der Waals surface area contributed by atoms with E-state index in [1.807, 2.05) is 18.2 Å². The minimum absolute atomic E-state index is 0.111. The molecule has 0 saturated carbocycles. The second-order valence-electron chi connectivity index (χ2n) is 9.07. The van der Waals surface area contributed by atoms with Crippen LogP contribution < -0.4 is 0 Å². The van der Waals surface area contributed by atoms with Crippen LogP contribution in [0.4, 0.5) is 0 Å². The quantitative estimate of drug-likeness (QED) is 0.560. The van der Waals surface area contributed by atoms with Crippen LogP contribution in [-0.4, -0.2) is 41.2 Å². The summed E-state index contributed by atoms with van der Waals surface area (Å²) < 4.78 is 6.20. The Hall–Kier alpha value is -1.91. The van der Waals surface area contributed by atoms with E-state index in [2.05, 4.69) is 62.1 Å². The van der Waals surface area contributed by atoms with E-state index in [1.54, 1.807) is 0 Å². The summed E-state index contributed by atoms with van der Waals surface area (Å²) in [5.74, 6) is -0.872. The Bertz CT molecular complexity index is 718. The van der Waals surface area contributed by atoms with Crippen LogP contribution in [0.25, 0.3) is 0 Å². The smallest absolute Gasteiger partial charge is 0.314 e. The number of nitrogens with zero attached hydrogens (tertiary/aromatic N) is 1. The van der Waals surface area contributed by atoms with Gasteiger partial charge in [-0.3, -0.25) is 9.69 Å². The van der Waals surface area contributed by atoms with E-state index in [9.17, 15) is 9.90 Å². The number of hydrogen-bond acceptors (Lipinski definition) is 3. The predicted octanol–water partition coefficient (Wildman–Crippen LogP) is 5.31. The molecule has 164 valence electrons. The molecule has 0 aromatic heterocycles. The molecule has 4 nitrogen and oxygen atoms in total. The number of aliphatic carboxylic acids is 1. The standard InChI is InChI=1S/C26H37NO3/c1-4-8-24(26(20(2)3)15-11-22(12-16-26)25(28)29)27-17-13-23(14-18-27)30-19-21-9-6-5-7-10-21/h5-7,9-12,15-16,20,22-24H,4,8,13-14,17-19H2,1-3H3,(H,28,29). The van der Waals surface area contributed by atoms with Gasteiger partial charge in [-0.2, -0.15) is 0 Å². The lowest BCUT2D eigenvalue weighted by molar-refractivity contribution is -0.138. The Labute approximate surface area is 181 Å². The van der Waals surface area contributed by atoms with Crippen molar-refractivity contribution in [3.63, 3.8) is 0 Å². The highest BCUT2D eigenvalue weighted by molar-refractivity contribution is 5.75. The molecular formula is C26H37NO3. The molecule has 30 heavy (non-hydrogen) atoms. The zero-order valence-corrected chi connectivity index (χ0v) is 18.7. The summed E-state index contributed by atoms with van der Waals surface area (Å²) in [6, 6.07) is 10.8. The summed E-state index contributed by atoms with van der Waals surface area (Å²) >= 11 is 0. The van der Waals surface area contributed by atoms with Gasteiger partial charge in [0.05, 0.1) is 18.6 Å². The molecule has 2 aliphatic rings. The fraction of sp³-hybridized carbons (Fsp3) is 0.577. The van der Waals surface area contributed by atoms with Gasteiger partial charge in [-0.1, -0.05) is 81.8 Å². The molecule has 1 aromatic rings. The first-order valence-electron chi connectivity index (χ1n) is 11.5. The summed E-state index contributed by atoms with van der Waals surface area (Å²) in [5, 5.41) is 9.37. The molecule has 1 fully saturated rings. The van der Waals surface area contributed by atoms with Crippen molar-refractivity contribution in [1.82, 2.24) is 4.90 Å². The maximum absolute atomic E-state index is 11.4. The van der Waals surface area contributed by atoms with Crippen molar-refractivity contribution < 1.29 is 14.6 Å². The zero-order chi connectivity index (χ0) is 21.6. The van der Waals surface area contributed by atoms with Crippen LogP contribution >= 0.6 is 0 Å². The summed E-state index contributed by atoms with van der Waals surface area (Å²) in [7, 11) is 0. The van der Waals surface area contributed by atoms with Crippen molar-refractivity contribution in [2.45, 2.75) is 65.2 Å². The third-order valence-electron chi connectivity index (χ3n) is 6.85. The number of carbonyl (C=O) groups is 1. The largest absolute Gasteiger partial charge is 0.481 e. The van der Waals surface area contributed by atoms with Gasteiger partial charge in [0.2, 0.25) is 0 Å². The van der Waals surface area contributed by atoms with E-state index in [0.717, 1.165) is 38.8 Å². The molecule has 4 heteroatoms. The van der Waals surface area contributed by atoms with Crippen molar-refractivity contribution in [2.75, 3.05) is 13.1 Å². The number of hydrogen-bond donors (Lipinski definition) is 1. The molecule has 1 heterocycles. The monoisotopic (exact) mass is 411 g/mol. The van der Waals surface area contributed by atoms with E-state index < -0.39 is 11.9 Å². The third kappa shape index (κ3) is 5.22. The topological polar surface area (TPSA) is 49.8 Å². The van der Waals surface area contributed by atoms with Gasteiger partial charge in [0.25, 0.3) is 0 Å². The molecule has 1 aromatic carbocycles. The van der Waals surface area contributed by atoms with Crippen molar-refractivity contribution in [3.05, 3.63) is 60.2 Å². The highest BCUT2D eigenvalue weighted by Crippen LogP contribution is 2.43. The molecule has 0 amide bonds. The highest BCUT2D eigenvalue weighted by atomic mass is 16.5. The maximum atomic E-state index is 11.4. The van der Waals surface area contributed by atoms with Crippen molar-refractivity contribution >= 4 is 5.97 Å². The summed E-state index contributed by atoms with van der Waals surface area (Å²) in [6.07, 6.45) is 12.8. The van der Waals surface area contributed by atoms with E-state index >= 15 is 0 Å². The molecule has 0 spiro atoms. The van der Waals surface area contributed by atoms with Crippen LogP contribution in [0.1, 0.15) is 52.0 Å². The Morgan fingerprint density at radius 1 is 1.17 bits per heavy atom. The molecule has 1 aliphatic heterocycles. The van der Waals surface area contributed by atoms with Crippen molar-refractivity contribution in [3.8, 4) is 0 Å². The van der Waals surface area contributed by atoms with Gasteiger partial charge < -0.3 is 9.84 Å². The highest BCUT2D eigenvalue weighted by Gasteiger charge is 2.42. The number of ether oxygens (including phenoxy) is 1. The van der Waals surface area contributed by atoms with Crippen LogP contribution in [0.3, 0.4) is 0 Å². The van der Waals surface area contributed by atoms with E-state index in [0.29, 0.717) is 24.7 Å². The number of carboxylic acid groups (broad SMARTS) is 1. The lowest BCUT2D eigenvalue weighted by Gasteiger charge is -2.49. The minimum atomic E-state index is -0.775. The molecule has 0 bridgehead atoms. The molecule has 1 atom stereocenters. The molecule has 1 N–H and O–H groups in total. The molecule has 1 aliphatic carbocycles. The van der Waals surface area contributed by atoms with Gasteiger partial charge in [0.15, 0.2) is 0 Å². The molecular weight excluding hydrogens is 374 g/mol.